The third-order valence-corrected chi connectivity index (χ3v) is 7.68. The van der Waals surface area contributed by atoms with Crippen molar-refractivity contribution in [2.45, 2.75) is 76.3 Å². The summed E-state index contributed by atoms with van der Waals surface area (Å²) in [6, 6.07) is 9.13. The minimum absolute atomic E-state index is 0.0435. The summed E-state index contributed by atoms with van der Waals surface area (Å²) in [5.74, 6) is -1.29. The lowest BCUT2D eigenvalue weighted by Gasteiger charge is -2.33. The number of carbonyl (C=O) groups is 1. The van der Waals surface area contributed by atoms with Gasteiger partial charge >= 0.3 is 0 Å². The maximum absolute atomic E-state index is 14.4. The molecule has 0 saturated heterocycles. The van der Waals surface area contributed by atoms with Crippen LogP contribution in [0.5, 0.6) is 0 Å². The molecule has 1 heterocycles. The van der Waals surface area contributed by atoms with Gasteiger partial charge in [0.2, 0.25) is 5.91 Å². The van der Waals surface area contributed by atoms with E-state index < -0.39 is 17.7 Å². The highest BCUT2D eigenvalue weighted by Gasteiger charge is 2.35. The average Bonchev–Trinajstić information content (AvgIpc) is 3.19. The molecule has 3 aromatic rings. The normalized spacial score (nSPS) is 18.8. The van der Waals surface area contributed by atoms with Crippen molar-refractivity contribution in [3.63, 3.8) is 0 Å². The molecule has 1 unspecified atom stereocenters. The lowest BCUT2D eigenvalue weighted by atomic mass is 9.82. The van der Waals surface area contributed by atoms with E-state index in [9.17, 15) is 13.6 Å². The maximum Gasteiger partial charge on any atom is 0.243 e. The lowest BCUT2D eigenvalue weighted by molar-refractivity contribution is -0.127. The summed E-state index contributed by atoms with van der Waals surface area (Å²) in [5.41, 5.74) is 1.54. The highest BCUT2D eigenvalue weighted by Crippen LogP contribution is 2.39. The fourth-order valence-electron chi connectivity index (χ4n) is 5.70. The summed E-state index contributed by atoms with van der Waals surface area (Å²) in [7, 11) is 0. The van der Waals surface area contributed by atoms with E-state index in [1.165, 1.54) is 12.5 Å². The van der Waals surface area contributed by atoms with Crippen molar-refractivity contribution in [1.29, 1.82) is 0 Å². The first-order chi connectivity index (χ1) is 16.5. The standard InChI is InChI=1S/C27H30ClF2N3O/c28-19-13-11-18(12-14-19)26-32-23-15-21(29)22(30)16-24(23)33(26)25(17-7-3-1-4-8-17)27(34)31-20-9-5-2-6-10-20/h11-17,20,25H,1-10H2,(H,31,34). The Morgan fingerprint density at radius 3 is 2.24 bits per heavy atom. The molecule has 0 spiro atoms. The van der Waals surface area contributed by atoms with E-state index in [1.54, 1.807) is 12.1 Å². The van der Waals surface area contributed by atoms with Gasteiger partial charge in [-0.3, -0.25) is 4.79 Å². The zero-order chi connectivity index (χ0) is 23.7. The highest BCUT2D eigenvalue weighted by atomic mass is 35.5. The van der Waals surface area contributed by atoms with Gasteiger partial charge in [-0.25, -0.2) is 13.8 Å². The molecule has 2 aliphatic rings. The van der Waals surface area contributed by atoms with Gasteiger partial charge in [-0.15, -0.1) is 0 Å². The molecule has 2 fully saturated rings. The molecule has 7 heteroatoms. The molecule has 180 valence electrons. The molecule has 0 radical (unpaired) electrons. The molecular formula is C27H30ClF2N3O. The van der Waals surface area contributed by atoms with E-state index in [0.717, 1.165) is 69.4 Å². The SMILES string of the molecule is O=C(NC1CCCCC1)C(C1CCCCC1)n1c(-c2ccc(Cl)cc2)nc2cc(F)c(F)cc21. The number of amides is 1. The van der Waals surface area contributed by atoms with E-state index in [1.807, 2.05) is 16.7 Å². The van der Waals surface area contributed by atoms with Gasteiger partial charge in [0.1, 0.15) is 11.9 Å². The topological polar surface area (TPSA) is 46.9 Å². The molecule has 1 aromatic heterocycles. The first-order valence-corrected chi connectivity index (χ1v) is 12.8. The molecule has 1 N–H and O–H groups in total. The summed E-state index contributed by atoms with van der Waals surface area (Å²) in [5, 5.41) is 3.89. The van der Waals surface area contributed by atoms with Gasteiger partial charge in [0.05, 0.1) is 11.0 Å². The van der Waals surface area contributed by atoms with Crippen molar-refractivity contribution in [3.8, 4) is 11.4 Å². The number of nitrogens with zero attached hydrogens (tertiary/aromatic N) is 2. The van der Waals surface area contributed by atoms with E-state index in [-0.39, 0.29) is 17.9 Å². The Balaban J connectivity index is 1.65. The summed E-state index contributed by atoms with van der Waals surface area (Å²) >= 11 is 6.11. The van der Waals surface area contributed by atoms with E-state index in [2.05, 4.69) is 5.32 Å². The van der Waals surface area contributed by atoms with E-state index in [4.69, 9.17) is 16.6 Å². The van der Waals surface area contributed by atoms with Crippen LogP contribution in [0.3, 0.4) is 0 Å². The minimum Gasteiger partial charge on any atom is -0.352 e. The van der Waals surface area contributed by atoms with Gasteiger partial charge in [-0.05, 0) is 55.9 Å². The Morgan fingerprint density at radius 2 is 1.56 bits per heavy atom. The predicted octanol–water partition coefficient (Wildman–Crippen LogP) is 7.21. The lowest BCUT2D eigenvalue weighted by Crippen LogP contribution is -2.43. The van der Waals surface area contributed by atoms with Crippen LogP contribution in [0.2, 0.25) is 5.02 Å². The highest BCUT2D eigenvalue weighted by molar-refractivity contribution is 6.30. The van der Waals surface area contributed by atoms with Gasteiger partial charge in [-0.1, -0.05) is 50.1 Å². The summed E-state index contributed by atoms with van der Waals surface area (Å²) in [4.78, 5) is 18.6. The molecule has 0 bridgehead atoms. The van der Waals surface area contributed by atoms with Gasteiger partial charge in [-0.2, -0.15) is 0 Å². The number of nitrogens with one attached hydrogen (secondary N) is 1. The van der Waals surface area contributed by atoms with Crippen molar-refractivity contribution in [3.05, 3.63) is 53.1 Å². The molecular weight excluding hydrogens is 456 g/mol. The molecule has 5 rings (SSSR count). The zero-order valence-electron chi connectivity index (χ0n) is 19.2. The van der Waals surface area contributed by atoms with Crippen molar-refractivity contribution in [2.75, 3.05) is 0 Å². The molecule has 0 aliphatic heterocycles. The Bertz CT molecular complexity index is 1160. The number of imidazole rings is 1. The number of aromatic nitrogens is 2. The van der Waals surface area contributed by atoms with E-state index in [0.29, 0.717) is 21.9 Å². The van der Waals surface area contributed by atoms with Crippen molar-refractivity contribution < 1.29 is 13.6 Å². The third-order valence-electron chi connectivity index (χ3n) is 7.43. The van der Waals surface area contributed by atoms with Crippen LogP contribution in [0.25, 0.3) is 22.4 Å². The van der Waals surface area contributed by atoms with Crippen molar-refractivity contribution >= 4 is 28.5 Å². The molecule has 34 heavy (non-hydrogen) atoms. The van der Waals surface area contributed by atoms with Gasteiger partial charge in [0, 0.05) is 28.8 Å². The summed E-state index contributed by atoms with van der Waals surface area (Å²) < 4.78 is 30.4. The van der Waals surface area contributed by atoms with E-state index >= 15 is 0 Å². The van der Waals surface area contributed by atoms with Crippen LogP contribution in [0.1, 0.15) is 70.3 Å². The second kappa shape index (κ2) is 10.0. The number of benzene rings is 2. The quantitative estimate of drug-likeness (QED) is 0.415. The first kappa shape index (κ1) is 23.3. The molecule has 2 aromatic carbocycles. The maximum atomic E-state index is 14.4. The fourth-order valence-corrected chi connectivity index (χ4v) is 5.83. The van der Waals surface area contributed by atoms with Gasteiger partial charge in [0.15, 0.2) is 11.6 Å². The Morgan fingerprint density at radius 1 is 0.941 bits per heavy atom. The van der Waals surface area contributed by atoms with Crippen molar-refractivity contribution in [2.24, 2.45) is 5.92 Å². The zero-order valence-corrected chi connectivity index (χ0v) is 20.0. The number of hydrogen-bond donors (Lipinski definition) is 1. The Labute approximate surface area is 203 Å². The predicted molar refractivity (Wildman–Crippen MR) is 131 cm³/mol. The van der Waals surface area contributed by atoms with Gasteiger partial charge < -0.3 is 9.88 Å². The van der Waals surface area contributed by atoms with Gasteiger partial charge in [0.25, 0.3) is 0 Å². The number of halogens is 3. The van der Waals surface area contributed by atoms with Crippen molar-refractivity contribution in [1.82, 2.24) is 14.9 Å². The monoisotopic (exact) mass is 485 g/mol. The smallest absolute Gasteiger partial charge is 0.243 e. The van der Waals surface area contributed by atoms with Crippen LogP contribution in [-0.2, 0) is 4.79 Å². The molecule has 4 nitrogen and oxygen atoms in total. The Kier molecular flexibility index (Phi) is 6.87. The number of rotatable bonds is 5. The number of carbonyl (C=O) groups excluding carboxylic acids is 1. The Hall–Kier alpha value is -2.47. The van der Waals surface area contributed by atoms with Crippen LogP contribution in [0.15, 0.2) is 36.4 Å². The second-order valence-electron chi connectivity index (χ2n) is 9.75. The fraction of sp³-hybridized carbons (Fsp3) is 0.481. The minimum atomic E-state index is -0.944. The molecule has 1 amide bonds. The van der Waals surface area contributed by atoms with Crippen LogP contribution >= 0.6 is 11.6 Å². The second-order valence-corrected chi connectivity index (χ2v) is 10.2. The number of fused-ring (bicyclic) bond motifs is 1. The molecule has 2 aliphatic carbocycles. The average molecular weight is 486 g/mol. The van der Waals surface area contributed by atoms with Crippen LogP contribution < -0.4 is 5.32 Å². The molecule has 2 saturated carbocycles. The first-order valence-electron chi connectivity index (χ1n) is 12.4. The van der Waals surface area contributed by atoms with Crippen LogP contribution in [-0.4, -0.2) is 21.5 Å². The number of hydrogen-bond acceptors (Lipinski definition) is 2. The summed E-state index contributed by atoms with van der Waals surface area (Å²) in [6.45, 7) is 0. The van der Waals surface area contributed by atoms with Crippen LogP contribution in [0, 0.1) is 17.6 Å². The summed E-state index contributed by atoms with van der Waals surface area (Å²) in [6.07, 6.45) is 10.5. The largest absolute Gasteiger partial charge is 0.352 e. The third kappa shape index (κ3) is 4.70. The molecule has 1 atom stereocenters. The van der Waals surface area contributed by atoms with Crippen LogP contribution in [0.4, 0.5) is 8.78 Å².